The minimum absolute atomic E-state index is 0.00875. The number of aryl methyl sites for hydroxylation is 1. The quantitative estimate of drug-likeness (QED) is 0.511. The Labute approximate surface area is 168 Å². The molecule has 0 radical (unpaired) electrons. The van der Waals surface area contributed by atoms with Crippen LogP contribution < -0.4 is 10.5 Å². The molecule has 4 aromatic rings. The van der Waals surface area contributed by atoms with Gasteiger partial charge in [0.15, 0.2) is 0 Å². The predicted molar refractivity (Wildman–Crippen MR) is 107 cm³/mol. The highest BCUT2D eigenvalue weighted by Crippen LogP contribution is 2.39. The van der Waals surface area contributed by atoms with Gasteiger partial charge in [0.05, 0.1) is 22.5 Å². The van der Waals surface area contributed by atoms with Crippen molar-refractivity contribution in [2.45, 2.75) is 6.61 Å². The number of thiophene rings is 1. The molecule has 0 bridgehead atoms. The molecule has 142 valence electrons. The third-order valence-electron chi connectivity index (χ3n) is 3.98. The second kappa shape index (κ2) is 7.10. The molecule has 0 spiro atoms. The Kier molecular flexibility index (Phi) is 4.62. The fraction of sp³-hybridized carbons (Fsp3) is 0.111. The molecule has 0 aliphatic rings. The molecule has 0 atom stereocenters. The van der Waals surface area contributed by atoms with Crippen LogP contribution in [0.4, 0.5) is 5.69 Å². The Hall–Kier alpha value is -3.17. The summed E-state index contributed by atoms with van der Waals surface area (Å²) in [5, 5.41) is 14.6. The van der Waals surface area contributed by atoms with Crippen LogP contribution in [0.25, 0.3) is 21.5 Å². The van der Waals surface area contributed by atoms with Gasteiger partial charge >= 0.3 is 12.0 Å². The zero-order chi connectivity index (χ0) is 19.8. The normalized spacial score (nSPS) is 11.1. The van der Waals surface area contributed by atoms with Crippen LogP contribution in [-0.4, -0.2) is 30.8 Å². The highest BCUT2D eigenvalue weighted by atomic mass is 35.5. The number of nitrogen functional groups attached to an aromatic ring is 1. The van der Waals surface area contributed by atoms with Gasteiger partial charge in [0.1, 0.15) is 16.3 Å². The summed E-state index contributed by atoms with van der Waals surface area (Å²) in [6.07, 6.45) is 1.80. The lowest BCUT2D eigenvalue weighted by Crippen LogP contribution is -2.02. The number of benzene rings is 1. The summed E-state index contributed by atoms with van der Waals surface area (Å²) < 4.78 is 7.37. The number of halogens is 1. The van der Waals surface area contributed by atoms with Crippen molar-refractivity contribution in [1.29, 1.82) is 0 Å². The molecule has 0 aliphatic heterocycles. The van der Waals surface area contributed by atoms with E-state index < -0.39 is 5.97 Å². The number of anilines is 1. The zero-order valence-electron chi connectivity index (χ0n) is 14.6. The van der Waals surface area contributed by atoms with E-state index in [1.54, 1.807) is 29.1 Å². The Morgan fingerprint density at radius 3 is 2.86 bits per heavy atom. The molecule has 0 amide bonds. The number of nitrogens with zero attached hydrogens (tertiary/aromatic N) is 4. The molecule has 0 aliphatic carbocycles. The van der Waals surface area contributed by atoms with Crippen molar-refractivity contribution in [3.63, 3.8) is 0 Å². The van der Waals surface area contributed by atoms with E-state index in [9.17, 15) is 9.90 Å². The van der Waals surface area contributed by atoms with E-state index in [1.807, 2.05) is 19.2 Å². The maximum Gasteiger partial charge on any atom is 0.348 e. The van der Waals surface area contributed by atoms with E-state index >= 15 is 0 Å². The minimum Gasteiger partial charge on any atom is -0.477 e. The fourth-order valence-corrected chi connectivity index (χ4v) is 3.86. The fourth-order valence-electron chi connectivity index (χ4n) is 2.75. The molecule has 0 unspecified atom stereocenters. The lowest BCUT2D eigenvalue weighted by Gasteiger charge is -2.08. The van der Waals surface area contributed by atoms with Gasteiger partial charge in [0.25, 0.3) is 0 Å². The number of fused-ring (bicyclic) bond motifs is 1. The number of carboxylic acid groups (broad SMARTS) is 1. The van der Waals surface area contributed by atoms with Crippen LogP contribution in [0.15, 0.2) is 36.5 Å². The molecule has 0 saturated carbocycles. The van der Waals surface area contributed by atoms with Gasteiger partial charge in [0, 0.05) is 23.8 Å². The highest BCUT2D eigenvalue weighted by Gasteiger charge is 2.22. The van der Waals surface area contributed by atoms with Gasteiger partial charge in [-0.3, -0.25) is 4.68 Å². The number of hydrogen-bond acceptors (Lipinski definition) is 7. The Balaban J connectivity index is 1.84. The van der Waals surface area contributed by atoms with Crippen LogP contribution in [0, 0.1) is 0 Å². The van der Waals surface area contributed by atoms with Crippen molar-refractivity contribution in [2.24, 2.45) is 7.05 Å². The van der Waals surface area contributed by atoms with Crippen molar-refractivity contribution in [1.82, 2.24) is 19.7 Å². The number of hydrogen-bond donors (Lipinski definition) is 2. The second-order valence-electron chi connectivity index (χ2n) is 5.96. The van der Waals surface area contributed by atoms with Crippen molar-refractivity contribution in [3.05, 3.63) is 52.1 Å². The lowest BCUT2D eigenvalue weighted by atomic mass is 10.1. The summed E-state index contributed by atoms with van der Waals surface area (Å²) >= 11 is 7.09. The maximum atomic E-state index is 11.5. The standard InChI is InChI=1S/C18H14ClN5O3S/c1-24-6-5-11(23-24)8-27-18-21-14(9-3-2-4-10(19)7-9)12-13(20)15(17(25)26)28-16(12)22-18/h2-7H,8,20H2,1H3,(H,25,26). The SMILES string of the molecule is Cn1ccc(COc2nc(-c3cccc(Cl)c3)c3c(N)c(C(=O)O)sc3n2)n1. The number of carboxylic acids is 1. The molecule has 3 heterocycles. The van der Waals surface area contributed by atoms with Crippen molar-refractivity contribution in [2.75, 3.05) is 5.73 Å². The molecular weight excluding hydrogens is 402 g/mol. The van der Waals surface area contributed by atoms with E-state index in [-0.39, 0.29) is 23.2 Å². The average Bonchev–Trinajstić information content (AvgIpc) is 3.22. The monoisotopic (exact) mass is 415 g/mol. The number of rotatable bonds is 5. The topological polar surface area (TPSA) is 116 Å². The molecule has 3 aromatic heterocycles. The van der Waals surface area contributed by atoms with Crippen molar-refractivity contribution < 1.29 is 14.6 Å². The van der Waals surface area contributed by atoms with Gasteiger partial charge in [-0.1, -0.05) is 23.7 Å². The lowest BCUT2D eigenvalue weighted by molar-refractivity contribution is 0.0703. The van der Waals surface area contributed by atoms with Gasteiger partial charge in [-0.25, -0.2) is 4.79 Å². The van der Waals surface area contributed by atoms with Gasteiger partial charge in [-0.2, -0.15) is 15.1 Å². The van der Waals surface area contributed by atoms with Crippen LogP contribution in [0.3, 0.4) is 0 Å². The first-order valence-corrected chi connectivity index (χ1v) is 9.32. The highest BCUT2D eigenvalue weighted by molar-refractivity contribution is 7.21. The third kappa shape index (κ3) is 3.37. The number of ether oxygens (including phenoxy) is 1. The Morgan fingerprint density at radius 1 is 1.36 bits per heavy atom. The first-order valence-electron chi connectivity index (χ1n) is 8.13. The summed E-state index contributed by atoms with van der Waals surface area (Å²) in [5.74, 6) is -1.12. The summed E-state index contributed by atoms with van der Waals surface area (Å²) in [6, 6.07) is 8.98. The Morgan fingerprint density at radius 2 is 2.18 bits per heavy atom. The molecule has 10 heteroatoms. The first-order chi connectivity index (χ1) is 13.4. The molecular formula is C18H14ClN5O3S. The molecule has 4 rings (SSSR count). The van der Waals surface area contributed by atoms with Crippen LogP contribution in [0.5, 0.6) is 6.01 Å². The summed E-state index contributed by atoms with van der Waals surface area (Å²) in [6.45, 7) is 0.175. The van der Waals surface area contributed by atoms with E-state index in [2.05, 4.69) is 15.1 Å². The van der Waals surface area contributed by atoms with Crippen LogP contribution in [0.2, 0.25) is 5.02 Å². The molecule has 3 N–H and O–H groups in total. The van der Waals surface area contributed by atoms with Crippen LogP contribution >= 0.6 is 22.9 Å². The van der Waals surface area contributed by atoms with Crippen LogP contribution in [0.1, 0.15) is 15.4 Å². The number of aromatic nitrogens is 4. The summed E-state index contributed by atoms with van der Waals surface area (Å²) in [4.78, 5) is 20.8. The average molecular weight is 416 g/mol. The summed E-state index contributed by atoms with van der Waals surface area (Å²) in [7, 11) is 1.81. The molecule has 0 fully saturated rings. The smallest absolute Gasteiger partial charge is 0.348 e. The van der Waals surface area contributed by atoms with Gasteiger partial charge in [-0.05, 0) is 18.2 Å². The summed E-state index contributed by atoms with van der Waals surface area (Å²) in [5.41, 5.74) is 8.08. The van der Waals surface area contributed by atoms with Crippen LogP contribution in [-0.2, 0) is 13.7 Å². The van der Waals surface area contributed by atoms with Crippen molar-refractivity contribution >= 4 is 44.8 Å². The van der Waals surface area contributed by atoms with E-state index in [4.69, 9.17) is 22.1 Å². The molecule has 0 saturated heterocycles. The number of aromatic carboxylic acids is 1. The number of carbonyl (C=O) groups is 1. The predicted octanol–water partition coefficient (Wildman–Crippen LogP) is 3.60. The number of nitrogens with two attached hydrogens (primary N) is 1. The second-order valence-corrected chi connectivity index (χ2v) is 7.40. The molecule has 8 nitrogen and oxygen atoms in total. The third-order valence-corrected chi connectivity index (χ3v) is 5.30. The largest absolute Gasteiger partial charge is 0.477 e. The van der Waals surface area contributed by atoms with Gasteiger partial charge in [-0.15, -0.1) is 11.3 Å². The minimum atomic E-state index is -1.12. The van der Waals surface area contributed by atoms with Gasteiger partial charge < -0.3 is 15.6 Å². The maximum absolute atomic E-state index is 11.5. The van der Waals surface area contributed by atoms with Gasteiger partial charge in [0.2, 0.25) is 0 Å². The van der Waals surface area contributed by atoms with E-state index in [1.165, 1.54) is 0 Å². The first kappa shape index (κ1) is 18.2. The van der Waals surface area contributed by atoms with Crippen molar-refractivity contribution in [3.8, 4) is 17.3 Å². The molecule has 28 heavy (non-hydrogen) atoms. The van der Waals surface area contributed by atoms with E-state index in [0.717, 1.165) is 11.3 Å². The zero-order valence-corrected chi connectivity index (χ0v) is 16.2. The molecule has 1 aromatic carbocycles. The Bertz CT molecular complexity index is 1200. The van der Waals surface area contributed by atoms with E-state index in [0.29, 0.717) is 32.2 Å².